The molecule has 0 aromatic heterocycles. The van der Waals surface area contributed by atoms with Gasteiger partial charge in [-0.2, -0.15) is 0 Å². The summed E-state index contributed by atoms with van der Waals surface area (Å²) in [5, 5.41) is 2.87. The molecule has 3 N–H and O–H groups in total. The summed E-state index contributed by atoms with van der Waals surface area (Å²) in [5.41, 5.74) is 6.86. The normalized spacial score (nSPS) is 19.2. The van der Waals surface area contributed by atoms with Crippen LogP contribution in [0.1, 0.15) is 13.8 Å². The number of morpholine rings is 1. The molecule has 1 unspecified atom stereocenters. The first kappa shape index (κ1) is 14.6. The van der Waals surface area contributed by atoms with E-state index in [1.54, 1.807) is 6.07 Å². The minimum absolute atomic E-state index is 0.0526. The Labute approximate surface area is 117 Å². The Kier molecular flexibility index (Phi) is 4.44. The third-order valence-electron chi connectivity index (χ3n) is 3.16. The topological polar surface area (TPSA) is 67.6 Å². The summed E-state index contributed by atoms with van der Waals surface area (Å²) in [6, 6.07) is 3.82. The molecule has 6 heteroatoms. The number of nitrogens with zero attached hydrogens (tertiary/aromatic N) is 1. The molecule has 1 fully saturated rings. The van der Waals surface area contributed by atoms with Crippen LogP contribution in [0.25, 0.3) is 0 Å². The second-order valence-corrected chi connectivity index (χ2v) is 5.15. The summed E-state index contributed by atoms with van der Waals surface area (Å²) in [6.07, 6.45) is 0. The van der Waals surface area contributed by atoms with E-state index < -0.39 is 6.04 Å². The lowest BCUT2D eigenvalue weighted by Crippen LogP contribution is -2.55. The fourth-order valence-electron chi connectivity index (χ4n) is 2.28. The number of rotatable bonds is 3. The number of amides is 1. The van der Waals surface area contributed by atoms with Gasteiger partial charge in [0, 0.05) is 12.6 Å². The molecule has 1 saturated heterocycles. The average Bonchev–Trinajstić information content (AvgIpc) is 2.38. The number of nitrogens with one attached hydrogen (secondary N) is 1. The van der Waals surface area contributed by atoms with E-state index in [-0.39, 0.29) is 17.8 Å². The van der Waals surface area contributed by atoms with Crippen LogP contribution in [0.4, 0.5) is 15.8 Å². The van der Waals surface area contributed by atoms with E-state index >= 15 is 0 Å². The molecule has 1 aliphatic rings. The van der Waals surface area contributed by atoms with Gasteiger partial charge in [0.2, 0.25) is 5.91 Å². The molecule has 2 rings (SSSR count). The van der Waals surface area contributed by atoms with E-state index in [1.165, 1.54) is 12.1 Å². The highest BCUT2D eigenvalue weighted by atomic mass is 19.1. The molecular weight excluding hydrogens is 261 g/mol. The van der Waals surface area contributed by atoms with Crippen molar-refractivity contribution in [1.82, 2.24) is 5.32 Å². The minimum Gasteiger partial charge on any atom is -0.397 e. The number of halogens is 1. The Hall–Kier alpha value is -1.82. The van der Waals surface area contributed by atoms with Crippen LogP contribution in [0.2, 0.25) is 0 Å². The van der Waals surface area contributed by atoms with Crippen molar-refractivity contribution >= 4 is 17.3 Å². The maximum atomic E-state index is 13.1. The molecule has 0 radical (unpaired) electrons. The van der Waals surface area contributed by atoms with Gasteiger partial charge in [0.1, 0.15) is 11.9 Å². The van der Waals surface area contributed by atoms with Crippen molar-refractivity contribution in [2.24, 2.45) is 0 Å². The van der Waals surface area contributed by atoms with Crippen LogP contribution < -0.4 is 16.0 Å². The van der Waals surface area contributed by atoms with Crippen LogP contribution in [0.3, 0.4) is 0 Å². The molecule has 1 aliphatic heterocycles. The van der Waals surface area contributed by atoms with Gasteiger partial charge in [0.25, 0.3) is 0 Å². The van der Waals surface area contributed by atoms with Gasteiger partial charge < -0.3 is 20.7 Å². The fraction of sp³-hybridized carbons (Fsp3) is 0.500. The third-order valence-corrected chi connectivity index (χ3v) is 3.16. The molecule has 1 aromatic carbocycles. The van der Waals surface area contributed by atoms with Crippen LogP contribution in [0.5, 0.6) is 0 Å². The summed E-state index contributed by atoms with van der Waals surface area (Å²) < 4.78 is 18.5. The first-order valence-corrected chi connectivity index (χ1v) is 6.69. The number of hydrogen-bond acceptors (Lipinski definition) is 4. The van der Waals surface area contributed by atoms with E-state index in [0.717, 1.165) is 0 Å². The molecule has 1 aromatic rings. The van der Waals surface area contributed by atoms with E-state index in [2.05, 4.69) is 5.32 Å². The summed E-state index contributed by atoms with van der Waals surface area (Å²) in [4.78, 5) is 14.1. The van der Waals surface area contributed by atoms with E-state index in [9.17, 15) is 9.18 Å². The highest BCUT2D eigenvalue weighted by Gasteiger charge is 2.30. The number of carbonyl (C=O) groups excluding carboxylic acids is 1. The van der Waals surface area contributed by atoms with Crippen LogP contribution in [-0.2, 0) is 9.53 Å². The highest BCUT2D eigenvalue weighted by molar-refractivity contribution is 5.87. The van der Waals surface area contributed by atoms with Crippen molar-refractivity contribution in [3.8, 4) is 0 Å². The van der Waals surface area contributed by atoms with Gasteiger partial charge in [-0.15, -0.1) is 0 Å². The second-order valence-electron chi connectivity index (χ2n) is 5.15. The summed E-state index contributed by atoms with van der Waals surface area (Å²) >= 11 is 0. The zero-order valence-electron chi connectivity index (χ0n) is 11.7. The van der Waals surface area contributed by atoms with Gasteiger partial charge in [-0.05, 0) is 32.0 Å². The van der Waals surface area contributed by atoms with Crippen LogP contribution >= 0.6 is 0 Å². The van der Waals surface area contributed by atoms with Gasteiger partial charge in [0.05, 0.1) is 24.6 Å². The Morgan fingerprint density at radius 2 is 2.30 bits per heavy atom. The molecule has 0 saturated carbocycles. The minimum atomic E-state index is -0.445. The Balaban J connectivity index is 2.24. The standard InChI is InChI=1S/C14H20FN3O2/c1-9(2)17-14(19)13-8-20-6-5-18(13)12-4-3-10(15)7-11(12)16/h3-4,7,9,13H,5-6,8,16H2,1-2H3,(H,17,19). The first-order valence-electron chi connectivity index (χ1n) is 6.69. The van der Waals surface area contributed by atoms with E-state index in [4.69, 9.17) is 10.5 Å². The predicted octanol–water partition coefficient (Wildman–Crippen LogP) is 1.14. The van der Waals surface area contributed by atoms with Gasteiger partial charge in [-0.25, -0.2) is 4.39 Å². The van der Waals surface area contributed by atoms with Crippen LogP contribution in [0.15, 0.2) is 18.2 Å². The fourth-order valence-corrected chi connectivity index (χ4v) is 2.28. The lowest BCUT2D eigenvalue weighted by molar-refractivity contribution is -0.125. The Bertz CT molecular complexity index is 493. The van der Waals surface area contributed by atoms with Crippen LogP contribution in [-0.4, -0.2) is 37.7 Å². The van der Waals surface area contributed by atoms with Crippen molar-refractivity contribution in [2.45, 2.75) is 25.9 Å². The predicted molar refractivity (Wildman–Crippen MR) is 76.0 cm³/mol. The number of nitrogen functional groups attached to an aromatic ring is 1. The number of benzene rings is 1. The van der Waals surface area contributed by atoms with Crippen molar-refractivity contribution < 1.29 is 13.9 Å². The summed E-state index contributed by atoms with van der Waals surface area (Å²) in [7, 11) is 0. The molecule has 0 spiro atoms. The smallest absolute Gasteiger partial charge is 0.245 e. The quantitative estimate of drug-likeness (QED) is 0.815. The van der Waals surface area contributed by atoms with Crippen molar-refractivity contribution in [3.63, 3.8) is 0 Å². The van der Waals surface area contributed by atoms with Crippen molar-refractivity contribution in [3.05, 3.63) is 24.0 Å². The highest BCUT2D eigenvalue weighted by Crippen LogP contribution is 2.27. The van der Waals surface area contributed by atoms with Gasteiger partial charge in [0.15, 0.2) is 0 Å². The molecule has 110 valence electrons. The molecule has 1 atom stereocenters. The molecule has 0 bridgehead atoms. The summed E-state index contributed by atoms with van der Waals surface area (Å²) in [6.45, 7) is 5.17. The monoisotopic (exact) mass is 281 g/mol. The van der Waals surface area contributed by atoms with Crippen LogP contribution in [0, 0.1) is 5.82 Å². The van der Waals surface area contributed by atoms with Gasteiger partial charge >= 0.3 is 0 Å². The van der Waals surface area contributed by atoms with E-state index in [0.29, 0.717) is 31.1 Å². The Morgan fingerprint density at radius 3 is 2.95 bits per heavy atom. The Morgan fingerprint density at radius 1 is 1.55 bits per heavy atom. The molecule has 5 nitrogen and oxygen atoms in total. The maximum Gasteiger partial charge on any atom is 0.245 e. The zero-order valence-corrected chi connectivity index (χ0v) is 11.7. The SMILES string of the molecule is CC(C)NC(=O)C1COCCN1c1ccc(F)cc1N. The van der Waals surface area contributed by atoms with Gasteiger partial charge in [-0.3, -0.25) is 4.79 Å². The van der Waals surface area contributed by atoms with Gasteiger partial charge in [-0.1, -0.05) is 0 Å². The molecule has 20 heavy (non-hydrogen) atoms. The molecule has 1 heterocycles. The molecule has 1 amide bonds. The third kappa shape index (κ3) is 3.19. The second kappa shape index (κ2) is 6.09. The number of nitrogens with two attached hydrogens (primary N) is 1. The molecular formula is C14H20FN3O2. The zero-order chi connectivity index (χ0) is 14.7. The number of ether oxygens (including phenoxy) is 1. The number of carbonyl (C=O) groups is 1. The molecule has 0 aliphatic carbocycles. The van der Waals surface area contributed by atoms with Crippen molar-refractivity contribution in [2.75, 3.05) is 30.4 Å². The first-order chi connectivity index (χ1) is 9.49. The largest absolute Gasteiger partial charge is 0.397 e. The average molecular weight is 281 g/mol. The van der Waals surface area contributed by atoms with E-state index in [1.807, 2.05) is 18.7 Å². The number of anilines is 2. The lowest BCUT2D eigenvalue weighted by atomic mass is 10.1. The maximum absolute atomic E-state index is 13.1. The summed E-state index contributed by atoms with van der Waals surface area (Å²) in [5.74, 6) is -0.494. The number of hydrogen-bond donors (Lipinski definition) is 2. The van der Waals surface area contributed by atoms with Crippen molar-refractivity contribution in [1.29, 1.82) is 0 Å². The lowest BCUT2D eigenvalue weighted by Gasteiger charge is -2.37.